The number of nitrogens with one attached hydrogen (secondary N) is 1. The van der Waals surface area contributed by atoms with Crippen molar-refractivity contribution < 1.29 is 4.79 Å². The minimum absolute atomic E-state index is 0.257. The summed E-state index contributed by atoms with van der Waals surface area (Å²) in [5, 5.41) is 15.2. The number of fused-ring (bicyclic) bond motifs is 1. The van der Waals surface area contributed by atoms with Crippen LogP contribution in [0, 0.1) is 11.3 Å². The van der Waals surface area contributed by atoms with Crippen molar-refractivity contribution in [2.75, 3.05) is 0 Å². The normalized spacial score (nSPS) is 11.0. The lowest BCUT2D eigenvalue weighted by Gasteiger charge is -2.07. The highest BCUT2D eigenvalue weighted by atomic mass is 35.5. The zero-order chi connectivity index (χ0) is 21.8. The molecule has 1 aromatic heterocycles. The van der Waals surface area contributed by atoms with E-state index in [4.69, 9.17) is 23.2 Å². The molecule has 0 spiro atoms. The number of rotatable bonds is 5. The molecular weight excluding hydrogens is 431 g/mol. The number of hydrazone groups is 1. The van der Waals surface area contributed by atoms with Gasteiger partial charge in [0.2, 0.25) is 0 Å². The van der Waals surface area contributed by atoms with Gasteiger partial charge in [-0.15, -0.1) is 0 Å². The van der Waals surface area contributed by atoms with Crippen molar-refractivity contribution in [1.29, 1.82) is 5.26 Å². The molecule has 4 aromatic rings. The zero-order valence-corrected chi connectivity index (χ0v) is 17.7. The first-order valence-electron chi connectivity index (χ1n) is 9.41. The van der Waals surface area contributed by atoms with E-state index < -0.39 is 5.91 Å². The summed E-state index contributed by atoms with van der Waals surface area (Å²) >= 11 is 12.0. The largest absolute Gasteiger partial charge is 0.342 e. The van der Waals surface area contributed by atoms with E-state index in [0.29, 0.717) is 22.7 Å². The second-order valence-corrected chi connectivity index (χ2v) is 7.67. The molecule has 152 valence electrons. The van der Waals surface area contributed by atoms with Crippen LogP contribution in [-0.2, 0) is 6.54 Å². The third kappa shape index (κ3) is 4.46. The third-order valence-corrected chi connectivity index (χ3v) is 5.39. The van der Waals surface area contributed by atoms with Crippen molar-refractivity contribution in [2.24, 2.45) is 5.10 Å². The van der Waals surface area contributed by atoms with Crippen LogP contribution in [-0.4, -0.2) is 16.7 Å². The molecule has 0 saturated carbocycles. The fourth-order valence-electron chi connectivity index (χ4n) is 3.35. The molecular formula is C24H16Cl2N4O. The summed E-state index contributed by atoms with van der Waals surface area (Å²) in [5.74, 6) is -0.426. The van der Waals surface area contributed by atoms with Crippen LogP contribution in [0.4, 0.5) is 0 Å². The second-order valence-electron chi connectivity index (χ2n) is 6.82. The Balaban J connectivity index is 1.60. The van der Waals surface area contributed by atoms with Gasteiger partial charge in [-0.3, -0.25) is 4.79 Å². The van der Waals surface area contributed by atoms with Gasteiger partial charge in [0.1, 0.15) is 0 Å². The molecule has 1 amide bonds. The Morgan fingerprint density at radius 3 is 2.68 bits per heavy atom. The van der Waals surface area contributed by atoms with E-state index in [2.05, 4.69) is 21.2 Å². The Labute approximate surface area is 189 Å². The number of hydrogen-bond acceptors (Lipinski definition) is 3. The molecule has 0 unspecified atom stereocenters. The lowest BCUT2D eigenvalue weighted by Crippen LogP contribution is -2.18. The first kappa shape index (κ1) is 20.7. The van der Waals surface area contributed by atoms with Gasteiger partial charge in [-0.25, -0.2) is 5.43 Å². The number of hydrogen-bond donors (Lipinski definition) is 1. The maximum atomic E-state index is 12.4. The van der Waals surface area contributed by atoms with Crippen molar-refractivity contribution in [3.05, 3.63) is 105 Å². The smallest absolute Gasteiger partial charge is 0.272 e. The minimum Gasteiger partial charge on any atom is -0.342 e. The maximum absolute atomic E-state index is 12.4. The van der Waals surface area contributed by atoms with Crippen LogP contribution in [0.25, 0.3) is 10.9 Å². The van der Waals surface area contributed by atoms with E-state index in [1.165, 1.54) is 6.07 Å². The van der Waals surface area contributed by atoms with Gasteiger partial charge in [0, 0.05) is 34.2 Å². The molecule has 0 aliphatic carbocycles. The molecule has 4 rings (SSSR count). The molecule has 0 saturated heterocycles. The van der Waals surface area contributed by atoms with Crippen LogP contribution in [0.5, 0.6) is 0 Å². The Morgan fingerprint density at radius 1 is 1.10 bits per heavy atom. The molecule has 0 atom stereocenters. The number of carbonyl (C=O) groups is 1. The fourth-order valence-corrected chi connectivity index (χ4v) is 3.85. The van der Waals surface area contributed by atoms with Crippen molar-refractivity contribution >= 4 is 46.2 Å². The predicted molar refractivity (Wildman–Crippen MR) is 124 cm³/mol. The number of nitrogens with zero attached hydrogens (tertiary/aromatic N) is 3. The first-order valence-corrected chi connectivity index (χ1v) is 10.2. The Kier molecular flexibility index (Phi) is 6.03. The number of halogens is 2. The second kappa shape index (κ2) is 9.05. The van der Waals surface area contributed by atoms with Crippen LogP contribution >= 0.6 is 23.2 Å². The van der Waals surface area contributed by atoms with Gasteiger partial charge in [-0.2, -0.15) is 10.4 Å². The van der Waals surface area contributed by atoms with E-state index in [9.17, 15) is 10.1 Å². The van der Waals surface area contributed by atoms with Crippen molar-refractivity contribution in [3.8, 4) is 6.07 Å². The van der Waals surface area contributed by atoms with E-state index >= 15 is 0 Å². The first-order chi connectivity index (χ1) is 15.1. The Bertz CT molecular complexity index is 1350. The van der Waals surface area contributed by atoms with Crippen LogP contribution in [0.1, 0.15) is 27.0 Å². The highest BCUT2D eigenvalue weighted by Gasteiger charge is 2.11. The van der Waals surface area contributed by atoms with Gasteiger partial charge < -0.3 is 4.57 Å². The van der Waals surface area contributed by atoms with E-state index in [0.717, 1.165) is 22.0 Å². The van der Waals surface area contributed by atoms with Crippen LogP contribution in [0.2, 0.25) is 10.0 Å². The maximum Gasteiger partial charge on any atom is 0.272 e. The molecule has 3 aromatic carbocycles. The minimum atomic E-state index is -0.426. The van der Waals surface area contributed by atoms with Crippen LogP contribution in [0.15, 0.2) is 78.0 Å². The highest BCUT2D eigenvalue weighted by Crippen LogP contribution is 2.23. The summed E-state index contributed by atoms with van der Waals surface area (Å²) in [7, 11) is 0. The molecule has 0 aliphatic rings. The standard InChI is InChI=1S/C24H16Cl2N4O/c25-19-9-10-21(22(26)11-19)24(31)29-28-13-18-15-30(23-8-4-3-7-20(18)23)14-17-6-2-1-5-16(17)12-27/h1-11,13,15H,14H2,(H,29,31)/b28-13-. The summed E-state index contributed by atoms with van der Waals surface area (Å²) < 4.78 is 2.06. The van der Waals surface area contributed by atoms with Crippen molar-refractivity contribution in [1.82, 2.24) is 9.99 Å². The number of benzene rings is 3. The number of amides is 1. The van der Waals surface area contributed by atoms with E-state index in [-0.39, 0.29) is 5.02 Å². The zero-order valence-electron chi connectivity index (χ0n) is 16.2. The van der Waals surface area contributed by atoms with Crippen molar-refractivity contribution in [3.63, 3.8) is 0 Å². The average molecular weight is 447 g/mol. The molecule has 0 bridgehead atoms. The quantitative estimate of drug-likeness (QED) is 0.318. The molecule has 0 radical (unpaired) electrons. The molecule has 5 nitrogen and oxygen atoms in total. The molecule has 7 heteroatoms. The molecule has 0 fully saturated rings. The van der Waals surface area contributed by atoms with E-state index in [1.807, 2.05) is 48.7 Å². The Morgan fingerprint density at radius 2 is 1.87 bits per heavy atom. The topological polar surface area (TPSA) is 70.2 Å². The lowest BCUT2D eigenvalue weighted by atomic mass is 10.1. The molecule has 31 heavy (non-hydrogen) atoms. The van der Waals surface area contributed by atoms with Gasteiger partial charge in [0.05, 0.1) is 28.4 Å². The van der Waals surface area contributed by atoms with Crippen molar-refractivity contribution in [2.45, 2.75) is 6.54 Å². The van der Waals surface area contributed by atoms with Gasteiger partial charge in [0.15, 0.2) is 0 Å². The monoisotopic (exact) mass is 446 g/mol. The predicted octanol–water partition coefficient (Wildman–Crippen LogP) is 5.63. The Hall–Kier alpha value is -3.59. The fraction of sp³-hybridized carbons (Fsp3) is 0.0417. The number of carbonyl (C=O) groups excluding carboxylic acids is 1. The van der Waals surface area contributed by atoms with E-state index in [1.54, 1.807) is 24.4 Å². The summed E-state index contributed by atoms with van der Waals surface area (Å²) in [6.07, 6.45) is 3.54. The summed E-state index contributed by atoms with van der Waals surface area (Å²) in [6.45, 7) is 0.546. The highest BCUT2D eigenvalue weighted by molar-refractivity contribution is 6.36. The number of nitriles is 1. The number of para-hydroxylation sites is 1. The van der Waals surface area contributed by atoms with Gasteiger partial charge >= 0.3 is 0 Å². The SMILES string of the molecule is N#Cc1ccccc1Cn1cc(/C=N\NC(=O)c2ccc(Cl)cc2Cl)c2ccccc21. The molecule has 1 N–H and O–H groups in total. The number of aromatic nitrogens is 1. The summed E-state index contributed by atoms with van der Waals surface area (Å²) in [4.78, 5) is 12.4. The average Bonchev–Trinajstić information content (AvgIpc) is 3.11. The van der Waals surface area contributed by atoms with Crippen LogP contribution < -0.4 is 5.43 Å². The van der Waals surface area contributed by atoms with Gasteiger partial charge in [-0.1, -0.05) is 59.6 Å². The van der Waals surface area contributed by atoms with Gasteiger partial charge in [0.25, 0.3) is 5.91 Å². The van der Waals surface area contributed by atoms with Gasteiger partial charge in [-0.05, 0) is 35.9 Å². The third-order valence-electron chi connectivity index (χ3n) is 4.84. The molecule has 0 aliphatic heterocycles. The molecule has 1 heterocycles. The lowest BCUT2D eigenvalue weighted by molar-refractivity contribution is 0.0955. The summed E-state index contributed by atoms with van der Waals surface area (Å²) in [5.41, 5.74) is 6.21. The van der Waals surface area contributed by atoms with Crippen LogP contribution in [0.3, 0.4) is 0 Å². The summed E-state index contributed by atoms with van der Waals surface area (Å²) in [6, 6.07) is 22.3.